The molecular formula is C21H37N3O4. The minimum Gasteiger partial charge on any atom is -0.342 e. The molecule has 1 amide bonds. The summed E-state index contributed by atoms with van der Waals surface area (Å²) in [4.78, 5) is 49.0. The Morgan fingerprint density at radius 3 is 2.21 bits per heavy atom. The summed E-state index contributed by atoms with van der Waals surface area (Å²) >= 11 is 0. The molecule has 0 aromatic carbocycles. The van der Waals surface area contributed by atoms with Gasteiger partial charge in [0.15, 0.2) is 5.78 Å². The van der Waals surface area contributed by atoms with Crippen LogP contribution in [-0.2, 0) is 19.2 Å². The summed E-state index contributed by atoms with van der Waals surface area (Å²) < 4.78 is 0. The van der Waals surface area contributed by atoms with E-state index in [4.69, 9.17) is 0 Å². The smallest absolute Gasteiger partial charge is 0.289 e. The van der Waals surface area contributed by atoms with Crippen molar-refractivity contribution in [3.8, 4) is 0 Å². The number of carbonyl (C=O) groups is 4. The lowest BCUT2D eigenvalue weighted by atomic mass is 9.79. The van der Waals surface area contributed by atoms with Crippen LogP contribution in [0.15, 0.2) is 0 Å². The third-order valence-electron chi connectivity index (χ3n) is 5.09. The molecule has 1 aliphatic heterocycles. The first-order valence-electron chi connectivity index (χ1n) is 10.4. The van der Waals surface area contributed by atoms with E-state index in [1.54, 1.807) is 0 Å². The molecular weight excluding hydrogens is 358 g/mol. The van der Waals surface area contributed by atoms with Gasteiger partial charge >= 0.3 is 0 Å². The predicted molar refractivity (Wildman–Crippen MR) is 109 cm³/mol. The van der Waals surface area contributed by atoms with Crippen LogP contribution in [0.3, 0.4) is 0 Å². The molecule has 1 rings (SSSR count). The Hall–Kier alpha value is -1.60. The molecule has 3 N–H and O–H groups in total. The van der Waals surface area contributed by atoms with Crippen LogP contribution >= 0.6 is 0 Å². The second kappa shape index (κ2) is 11.4. The molecule has 0 aromatic heterocycles. The molecule has 160 valence electrons. The largest absolute Gasteiger partial charge is 0.342 e. The number of amides is 1. The number of Topliss-reactive ketones (excluding diaryl/α,β-unsaturated/α-hetero) is 3. The first-order valence-corrected chi connectivity index (χ1v) is 10.4. The van der Waals surface area contributed by atoms with Crippen molar-refractivity contribution in [2.75, 3.05) is 19.6 Å². The molecule has 1 fully saturated rings. The van der Waals surface area contributed by atoms with Gasteiger partial charge in [0.2, 0.25) is 5.78 Å². The monoisotopic (exact) mass is 395 g/mol. The van der Waals surface area contributed by atoms with E-state index in [9.17, 15) is 19.2 Å². The zero-order valence-corrected chi connectivity index (χ0v) is 18.0. The summed E-state index contributed by atoms with van der Waals surface area (Å²) in [6.45, 7) is 10.8. The lowest BCUT2D eigenvalue weighted by Crippen LogP contribution is -2.52. The first kappa shape index (κ1) is 24.4. The Morgan fingerprint density at radius 2 is 1.71 bits per heavy atom. The second-order valence-corrected chi connectivity index (χ2v) is 8.83. The third kappa shape index (κ3) is 8.61. The Balaban J connectivity index is 2.58. The third-order valence-corrected chi connectivity index (χ3v) is 5.09. The van der Waals surface area contributed by atoms with E-state index >= 15 is 0 Å². The molecule has 7 heteroatoms. The van der Waals surface area contributed by atoms with E-state index in [1.807, 2.05) is 27.7 Å². The number of rotatable bonds is 11. The van der Waals surface area contributed by atoms with Crippen LogP contribution in [-0.4, -0.2) is 54.5 Å². The molecule has 1 saturated heterocycles. The maximum Gasteiger partial charge on any atom is 0.289 e. The summed E-state index contributed by atoms with van der Waals surface area (Å²) in [6.07, 6.45) is 3.19. The topological polar surface area (TPSA) is 104 Å². The van der Waals surface area contributed by atoms with Crippen molar-refractivity contribution in [3.63, 3.8) is 0 Å². The Bertz CT molecular complexity index is 562. The molecule has 2 atom stereocenters. The van der Waals surface area contributed by atoms with Crippen molar-refractivity contribution in [1.29, 1.82) is 0 Å². The van der Waals surface area contributed by atoms with Crippen LogP contribution in [0.2, 0.25) is 0 Å². The number of hydrogen-bond acceptors (Lipinski definition) is 6. The van der Waals surface area contributed by atoms with Crippen LogP contribution in [0.4, 0.5) is 0 Å². The maximum absolute atomic E-state index is 12.5. The molecule has 7 nitrogen and oxygen atoms in total. The van der Waals surface area contributed by atoms with Crippen molar-refractivity contribution >= 4 is 23.3 Å². The predicted octanol–water partition coefficient (Wildman–Crippen LogP) is 1.39. The quantitative estimate of drug-likeness (QED) is 0.457. The molecule has 0 aromatic rings. The van der Waals surface area contributed by atoms with Gasteiger partial charge in [0.1, 0.15) is 5.78 Å². The van der Waals surface area contributed by atoms with Gasteiger partial charge in [-0.05, 0) is 66.0 Å². The van der Waals surface area contributed by atoms with Crippen LogP contribution in [0.1, 0.15) is 66.7 Å². The molecule has 0 saturated carbocycles. The Kier molecular flexibility index (Phi) is 9.96. The molecule has 28 heavy (non-hydrogen) atoms. The van der Waals surface area contributed by atoms with Crippen LogP contribution in [0.5, 0.6) is 0 Å². The van der Waals surface area contributed by atoms with Crippen molar-refractivity contribution in [2.24, 2.45) is 11.8 Å². The molecule has 0 aliphatic carbocycles. The molecule has 0 spiro atoms. The lowest BCUT2D eigenvalue weighted by molar-refractivity contribution is -0.140. The summed E-state index contributed by atoms with van der Waals surface area (Å²) in [5.41, 5.74) is -0.296. The van der Waals surface area contributed by atoms with E-state index in [1.165, 1.54) is 6.92 Å². The minimum atomic E-state index is -0.746. The fourth-order valence-electron chi connectivity index (χ4n) is 3.71. The highest BCUT2D eigenvalue weighted by Crippen LogP contribution is 2.25. The van der Waals surface area contributed by atoms with Crippen molar-refractivity contribution in [1.82, 2.24) is 16.0 Å². The molecule has 1 aliphatic rings. The molecule has 2 unspecified atom stereocenters. The number of hydrogen-bond donors (Lipinski definition) is 3. The fourth-order valence-corrected chi connectivity index (χ4v) is 3.71. The Labute approximate surface area is 168 Å². The number of carbonyl (C=O) groups excluding carboxylic acids is 4. The van der Waals surface area contributed by atoms with Gasteiger partial charge in [-0.2, -0.15) is 0 Å². The van der Waals surface area contributed by atoms with E-state index in [0.717, 1.165) is 32.4 Å². The van der Waals surface area contributed by atoms with Gasteiger partial charge < -0.3 is 16.0 Å². The zero-order valence-electron chi connectivity index (χ0n) is 18.0. The fraction of sp³-hybridized carbons (Fsp3) is 0.810. The van der Waals surface area contributed by atoms with Gasteiger partial charge in [-0.3, -0.25) is 19.2 Å². The molecule has 1 heterocycles. The zero-order chi connectivity index (χ0) is 21.3. The first-order chi connectivity index (χ1) is 13.0. The van der Waals surface area contributed by atoms with Crippen LogP contribution in [0.25, 0.3) is 0 Å². The molecule has 0 radical (unpaired) electrons. The maximum atomic E-state index is 12.5. The highest BCUT2D eigenvalue weighted by Gasteiger charge is 2.30. The highest BCUT2D eigenvalue weighted by atomic mass is 16.2. The van der Waals surface area contributed by atoms with E-state index < -0.39 is 17.7 Å². The van der Waals surface area contributed by atoms with E-state index in [0.29, 0.717) is 6.42 Å². The molecule has 0 bridgehead atoms. The van der Waals surface area contributed by atoms with Gasteiger partial charge in [0, 0.05) is 17.9 Å². The summed E-state index contributed by atoms with van der Waals surface area (Å²) in [7, 11) is 0. The number of nitrogens with one attached hydrogen (secondary N) is 3. The van der Waals surface area contributed by atoms with Gasteiger partial charge in [-0.15, -0.1) is 0 Å². The SMILES string of the molecule is CCCC(NC(C)(C)C)C(=O)C(=O)NCC(=O)CC(C(C)=O)C1CCNCC1. The second-order valence-electron chi connectivity index (χ2n) is 8.83. The number of piperidine rings is 1. The van der Waals surface area contributed by atoms with Crippen molar-refractivity contribution in [2.45, 2.75) is 78.3 Å². The van der Waals surface area contributed by atoms with Gasteiger partial charge in [-0.25, -0.2) is 0 Å². The average molecular weight is 396 g/mol. The highest BCUT2D eigenvalue weighted by molar-refractivity contribution is 6.38. The lowest BCUT2D eigenvalue weighted by Gasteiger charge is -2.29. The van der Waals surface area contributed by atoms with Crippen LogP contribution in [0, 0.1) is 11.8 Å². The Morgan fingerprint density at radius 1 is 1.11 bits per heavy atom. The van der Waals surface area contributed by atoms with Crippen LogP contribution < -0.4 is 16.0 Å². The van der Waals surface area contributed by atoms with Gasteiger partial charge in [0.25, 0.3) is 5.91 Å². The summed E-state index contributed by atoms with van der Waals surface area (Å²) in [5, 5.41) is 8.88. The summed E-state index contributed by atoms with van der Waals surface area (Å²) in [6, 6.07) is -0.570. The number of ketones is 3. The van der Waals surface area contributed by atoms with E-state index in [2.05, 4.69) is 16.0 Å². The van der Waals surface area contributed by atoms with Crippen molar-refractivity contribution in [3.05, 3.63) is 0 Å². The van der Waals surface area contributed by atoms with Gasteiger partial charge in [0.05, 0.1) is 12.6 Å². The normalized spacial score (nSPS) is 17.6. The summed E-state index contributed by atoms with van der Waals surface area (Å²) in [5.74, 6) is -1.60. The van der Waals surface area contributed by atoms with Crippen molar-refractivity contribution < 1.29 is 19.2 Å². The van der Waals surface area contributed by atoms with E-state index in [-0.39, 0.29) is 41.9 Å². The standard InChI is InChI=1S/C21H37N3O4/c1-6-7-18(24-21(3,4)5)19(27)20(28)23-13-16(26)12-17(14(2)25)15-8-10-22-11-9-15/h15,17-18,22,24H,6-13H2,1-5H3,(H,23,28). The van der Waals surface area contributed by atoms with Gasteiger partial charge in [-0.1, -0.05) is 13.3 Å². The average Bonchev–Trinajstić information content (AvgIpc) is 2.62. The minimum absolute atomic E-state index is 0.0139.